The smallest absolute Gasteiger partial charge is 0.477 e. The SMILES string of the molecule is O=C(Nc1cccc(OC(=O)OCc2ccccc2)c1C(=O)O)OCc1ccccc1. The molecule has 0 aliphatic heterocycles. The molecule has 0 spiro atoms. The number of carbonyl (C=O) groups is 3. The van der Waals surface area contributed by atoms with E-state index >= 15 is 0 Å². The zero-order valence-corrected chi connectivity index (χ0v) is 16.3. The summed E-state index contributed by atoms with van der Waals surface area (Å²) in [5.74, 6) is -1.67. The molecule has 3 aromatic carbocycles. The Balaban J connectivity index is 1.65. The fraction of sp³-hybridized carbons (Fsp3) is 0.0870. The van der Waals surface area contributed by atoms with Crippen LogP contribution in [0.1, 0.15) is 21.5 Å². The average Bonchev–Trinajstić information content (AvgIpc) is 2.77. The van der Waals surface area contributed by atoms with Gasteiger partial charge in [0.1, 0.15) is 18.8 Å². The van der Waals surface area contributed by atoms with E-state index in [4.69, 9.17) is 14.2 Å². The normalized spacial score (nSPS) is 10.1. The van der Waals surface area contributed by atoms with Crippen molar-refractivity contribution in [1.29, 1.82) is 0 Å². The largest absolute Gasteiger partial charge is 0.514 e. The third-order valence-electron chi connectivity index (χ3n) is 4.08. The molecule has 0 saturated carbocycles. The average molecular weight is 421 g/mol. The van der Waals surface area contributed by atoms with E-state index in [9.17, 15) is 19.5 Å². The van der Waals surface area contributed by atoms with E-state index in [0.29, 0.717) is 0 Å². The summed E-state index contributed by atoms with van der Waals surface area (Å²) in [4.78, 5) is 35.8. The van der Waals surface area contributed by atoms with Crippen molar-refractivity contribution >= 4 is 23.9 Å². The number of amides is 1. The molecule has 3 rings (SSSR count). The first-order chi connectivity index (χ1) is 15.0. The zero-order valence-electron chi connectivity index (χ0n) is 16.3. The maximum Gasteiger partial charge on any atom is 0.514 e. The summed E-state index contributed by atoms with van der Waals surface area (Å²) in [6, 6.07) is 22.0. The summed E-state index contributed by atoms with van der Waals surface area (Å²) in [6.45, 7) is -0.0249. The number of hydrogen-bond acceptors (Lipinski definition) is 6. The lowest BCUT2D eigenvalue weighted by atomic mass is 10.1. The summed E-state index contributed by atoms with van der Waals surface area (Å²) in [5.41, 5.74) is 1.03. The molecule has 0 saturated heterocycles. The number of ether oxygens (including phenoxy) is 3. The van der Waals surface area contributed by atoms with Gasteiger partial charge in [0.15, 0.2) is 5.75 Å². The van der Waals surface area contributed by atoms with Gasteiger partial charge in [-0.25, -0.2) is 14.4 Å². The fourth-order valence-corrected chi connectivity index (χ4v) is 2.65. The quantitative estimate of drug-likeness (QED) is 0.414. The molecule has 0 bridgehead atoms. The van der Waals surface area contributed by atoms with Crippen LogP contribution >= 0.6 is 0 Å². The molecule has 8 heteroatoms. The van der Waals surface area contributed by atoms with Crippen LogP contribution in [0.25, 0.3) is 0 Å². The molecule has 158 valence electrons. The van der Waals surface area contributed by atoms with E-state index in [2.05, 4.69) is 5.32 Å². The third-order valence-corrected chi connectivity index (χ3v) is 4.08. The zero-order chi connectivity index (χ0) is 22.1. The summed E-state index contributed by atoms with van der Waals surface area (Å²) in [7, 11) is 0. The molecule has 0 aliphatic carbocycles. The van der Waals surface area contributed by atoms with Gasteiger partial charge < -0.3 is 19.3 Å². The van der Waals surface area contributed by atoms with Crippen LogP contribution in [-0.4, -0.2) is 23.3 Å². The van der Waals surface area contributed by atoms with E-state index in [-0.39, 0.29) is 24.7 Å². The first-order valence-electron chi connectivity index (χ1n) is 9.25. The Morgan fingerprint density at radius 1 is 0.742 bits per heavy atom. The number of benzene rings is 3. The van der Waals surface area contributed by atoms with E-state index in [1.54, 1.807) is 48.5 Å². The molecule has 0 heterocycles. The number of carboxylic acids is 1. The maximum atomic E-state index is 12.1. The molecule has 8 nitrogen and oxygen atoms in total. The molecule has 3 aromatic rings. The minimum absolute atomic E-state index is 0.0110. The number of carboxylic acid groups (broad SMARTS) is 1. The maximum absolute atomic E-state index is 12.1. The Hall–Kier alpha value is -4.33. The van der Waals surface area contributed by atoms with Crippen LogP contribution in [0.3, 0.4) is 0 Å². The van der Waals surface area contributed by atoms with Gasteiger partial charge in [-0.1, -0.05) is 66.7 Å². The van der Waals surface area contributed by atoms with Gasteiger partial charge in [0.25, 0.3) is 0 Å². The molecule has 31 heavy (non-hydrogen) atoms. The number of aromatic carboxylic acids is 1. The highest BCUT2D eigenvalue weighted by Crippen LogP contribution is 2.27. The number of rotatable bonds is 7. The molecule has 0 fully saturated rings. The van der Waals surface area contributed by atoms with Gasteiger partial charge in [-0.05, 0) is 23.3 Å². The van der Waals surface area contributed by atoms with Crippen LogP contribution in [-0.2, 0) is 22.7 Å². The third kappa shape index (κ3) is 6.33. The second kappa shape index (κ2) is 10.4. The summed E-state index contributed by atoms with van der Waals surface area (Å²) in [6.07, 6.45) is -1.93. The van der Waals surface area contributed by atoms with Gasteiger partial charge in [0.2, 0.25) is 0 Å². The van der Waals surface area contributed by atoms with E-state index in [0.717, 1.165) is 11.1 Å². The highest BCUT2D eigenvalue weighted by atomic mass is 16.7. The van der Waals surface area contributed by atoms with Gasteiger partial charge in [0, 0.05) is 0 Å². The van der Waals surface area contributed by atoms with Crippen molar-refractivity contribution in [3.63, 3.8) is 0 Å². The topological polar surface area (TPSA) is 111 Å². The second-order valence-corrected chi connectivity index (χ2v) is 6.30. The van der Waals surface area contributed by atoms with E-state index in [1.165, 1.54) is 18.2 Å². The highest BCUT2D eigenvalue weighted by molar-refractivity contribution is 6.01. The Bertz CT molecular complexity index is 976. The molecule has 0 unspecified atom stereocenters. The standard InChI is InChI=1S/C23H19NO7/c25-21(26)20-18(24-22(27)29-14-16-8-3-1-4-9-16)12-7-13-19(20)31-23(28)30-15-17-10-5-2-6-11-17/h1-13H,14-15H2,(H,24,27)(H,25,26). The lowest BCUT2D eigenvalue weighted by Gasteiger charge is -2.13. The molecule has 0 aromatic heterocycles. The van der Waals surface area contributed by atoms with Gasteiger partial charge in [0.05, 0.1) is 5.69 Å². The Morgan fingerprint density at radius 2 is 1.32 bits per heavy atom. The van der Waals surface area contributed by atoms with Crippen LogP contribution in [0.5, 0.6) is 5.75 Å². The molecular formula is C23H19NO7. The van der Waals surface area contributed by atoms with Crippen LogP contribution in [0, 0.1) is 0 Å². The Morgan fingerprint density at radius 3 is 1.90 bits per heavy atom. The molecular weight excluding hydrogens is 402 g/mol. The van der Waals surface area contributed by atoms with Crippen molar-refractivity contribution in [2.24, 2.45) is 0 Å². The molecule has 2 N–H and O–H groups in total. The van der Waals surface area contributed by atoms with Crippen molar-refractivity contribution < 1.29 is 33.7 Å². The lowest BCUT2D eigenvalue weighted by molar-refractivity contribution is 0.0689. The van der Waals surface area contributed by atoms with Crippen LogP contribution in [0.4, 0.5) is 15.3 Å². The van der Waals surface area contributed by atoms with Crippen LogP contribution in [0.2, 0.25) is 0 Å². The number of hydrogen-bond donors (Lipinski definition) is 2. The van der Waals surface area contributed by atoms with Gasteiger partial charge in [-0.15, -0.1) is 0 Å². The Labute approximate surface area is 178 Å². The molecule has 1 amide bonds. The summed E-state index contributed by atoms with van der Waals surface area (Å²) < 4.78 is 15.2. The second-order valence-electron chi connectivity index (χ2n) is 6.30. The molecule has 0 aliphatic rings. The number of anilines is 1. The summed E-state index contributed by atoms with van der Waals surface area (Å²) in [5, 5.41) is 11.9. The lowest BCUT2D eigenvalue weighted by Crippen LogP contribution is -2.18. The predicted octanol–water partition coefficient (Wildman–Crippen LogP) is 4.85. The summed E-state index contributed by atoms with van der Waals surface area (Å²) >= 11 is 0. The van der Waals surface area contributed by atoms with Crippen LogP contribution < -0.4 is 10.1 Å². The van der Waals surface area contributed by atoms with Crippen molar-refractivity contribution in [3.05, 3.63) is 95.6 Å². The van der Waals surface area contributed by atoms with Crippen molar-refractivity contribution in [3.8, 4) is 5.75 Å². The first kappa shape index (κ1) is 21.4. The Kier molecular flexibility index (Phi) is 7.21. The van der Waals surface area contributed by atoms with Gasteiger partial charge in [-0.3, -0.25) is 5.32 Å². The molecule has 0 radical (unpaired) electrons. The fourth-order valence-electron chi connectivity index (χ4n) is 2.65. The first-order valence-corrected chi connectivity index (χ1v) is 9.25. The molecule has 0 atom stereocenters. The number of carbonyl (C=O) groups excluding carboxylic acids is 2. The van der Waals surface area contributed by atoms with Crippen LogP contribution in [0.15, 0.2) is 78.9 Å². The minimum atomic E-state index is -1.40. The minimum Gasteiger partial charge on any atom is -0.477 e. The monoisotopic (exact) mass is 421 g/mol. The number of nitrogens with one attached hydrogen (secondary N) is 1. The van der Waals surface area contributed by atoms with Crippen molar-refractivity contribution in [2.75, 3.05) is 5.32 Å². The van der Waals surface area contributed by atoms with Gasteiger partial charge >= 0.3 is 18.2 Å². The van der Waals surface area contributed by atoms with Gasteiger partial charge in [-0.2, -0.15) is 0 Å². The highest BCUT2D eigenvalue weighted by Gasteiger charge is 2.21. The van der Waals surface area contributed by atoms with E-state index in [1.807, 2.05) is 12.1 Å². The van der Waals surface area contributed by atoms with Crippen molar-refractivity contribution in [2.45, 2.75) is 13.2 Å². The predicted molar refractivity (Wildman–Crippen MR) is 111 cm³/mol. The van der Waals surface area contributed by atoms with E-state index < -0.39 is 23.8 Å². The van der Waals surface area contributed by atoms with Crippen molar-refractivity contribution in [1.82, 2.24) is 0 Å².